The summed E-state index contributed by atoms with van der Waals surface area (Å²) in [5, 5.41) is 12.2. The average molecular weight is 443 g/mol. The lowest BCUT2D eigenvalue weighted by Crippen LogP contribution is -2.44. The number of thiazole rings is 1. The van der Waals surface area contributed by atoms with E-state index in [0.29, 0.717) is 10.6 Å². The van der Waals surface area contributed by atoms with Crippen LogP contribution in [0.4, 0.5) is 9.93 Å². The van der Waals surface area contributed by atoms with E-state index in [9.17, 15) is 14.7 Å². The molecule has 30 heavy (non-hydrogen) atoms. The molecular formula is C20H32N3O6S-. The van der Waals surface area contributed by atoms with E-state index >= 15 is 0 Å². The minimum absolute atomic E-state index is 0.0263. The molecule has 0 fully saturated rings. The van der Waals surface area contributed by atoms with Crippen molar-refractivity contribution < 1.29 is 28.9 Å². The molecule has 1 heterocycles. The molecule has 0 saturated heterocycles. The maximum Gasteiger partial charge on any atom is 0.416 e. The van der Waals surface area contributed by atoms with Crippen LogP contribution in [0, 0.1) is 6.92 Å². The van der Waals surface area contributed by atoms with Gasteiger partial charge in [0.25, 0.3) is 0 Å². The van der Waals surface area contributed by atoms with Crippen molar-refractivity contribution in [3.63, 3.8) is 0 Å². The highest BCUT2D eigenvalue weighted by atomic mass is 32.1. The Labute approximate surface area is 182 Å². The van der Waals surface area contributed by atoms with Crippen molar-refractivity contribution in [3.05, 3.63) is 10.6 Å². The first kappa shape index (κ1) is 25.7. The molecule has 170 valence electrons. The van der Waals surface area contributed by atoms with Crippen molar-refractivity contribution in [1.82, 2.24) is 4.98 Å². The molecule has 1 rings (SSSR count). The van der Waals surface area contributed by atoms with E-state index in [1.807, 2.05) is 0 Å². The number of aryl methyl sites for hydroxylation is 1. The smallest absolute Gasteiger partial charge is 0.416 e. The molecule has 0 radical (unpaired) electrons. The molecule has 0 unspecified atom stereocenters. The number of ether oxygens (including phenoxy) is 3. The fourth-order valence-corrected chi connectivity index (χ4v) is 3.27. The fraction of sp³-hybridized carbons (Fsp3) is 0.700. The molecule has 1 aromatic heterocycles. The first-order valence-corrected chi connectivity index (χ1v) is 10.5. The van der Waals surface area contributed by atoms with Crippen LogP contribution in [0.5, 0.6) is 0 Å². The lowest BCUT2D eigenvalue weighted by Gasteiger charge is -2.31. The van der Waals surface area contributed by atoms with Gasteiger partial charge in [-0.05, 0) is 41.5 Å². The van der Waals surface area contributed by atoms with E-state index in [1.54, 1.807) is 62.3 Å². The second kappa shape index (κ2) is 10.1. The van der Waals surface area contributed by atoms with Crippen molar-refractivity contribution in [2.45, 2.75) is 79.6 Å². The Balaban J connectivity index is 3.21. The summed E-state index contributed by atoms with van der Waals surface area (Å²) >= 11 is 1.02. The van der Waals surface area contributed by atoms with E-state index in [4.69, 9.17) is 14.2 Å². The van der Waals surface area contributed by atoms with Crippen LogP contribution in [0.15, 0.2) is 4.99 Å². The van der Waals surface area contributed by atoms with Crippen molar-refractivity contribution in [1.29, 1.82) is 0 Å². The molecule has 1 aromatic rings. The second-order valence-corrected chi connectivity index (χ2v) is 9.63. The van der Waals surface area contributed by atoms with E-state index in [1.165, 1.54) is 4.90 Å². The molecule has 10 heteroatoms. The highest BCUT2D eigenvalue weighted by molar-refractivity contribution is 7.17. The third-order valence-corrected chi connectivity index (χ3v) is 4.50. The van der Waals surface area contributed by atoms with Gasteiger partial charge in [-0.2, -0.15) is 0 Å². The molecule has 0 spiro atoms. The topological polar surface area (TPSA) is 113 Å². The van der Waals surface area contributed by atoms with Crippen LogP contribution in [0.25, 0.3) is 0 Å². The molecule has 0 aliphatic heterocycles. The van der Waals surface area contributed by atoms with E-state index in [2.05, 4.69) is 9.98 Å². The average Bonchev–Trinajstić information content (AvgIpc) is 2.91. The summed E-state index contributed by atoms with van der Waals surface area (Å²) in [6.45, 7) is 15.7. The molecule has 0 bridgehead atoms. The van der Waals surface area contributed by atoms with Gasteiger partial charge < -0.3 is 19.3 Å². The van der Waals surface area contributed by atoms with Crippen molar-refractivity contribution >= 4 is 34.6 Å². The zero-order valence-corrected chi connectivity index (χ0v) is 20.0. The zero-order chi connectivity index (χ0) is 23.3. The predicted octanol–water partition coefficient (Wildman–Crippen LogP) is 3.29. The minimum Gasteiger partial charge on any atom is -0.595 e. The predicted molar refractivity (Wildman–Crippen MR) is 114 cm³/mol. The van der Waals surface area contributed by atoms with E-state index in [0.717, 1.165) is 11.3 Å². The Bertz CT molecular complexity index is 776. The third kappa shape index (κ3) is 8.17. The highest BCUT2D eigenvalue weighted by Gasteiger charge is 2.31. The Hall–Kier alpha value is -2.36. The lowest BCUT2D eigenvalue weighted by molar-refractivity contribution is -0.260. The number of esters is 1. The number of anilines is 1. The van der Waals surface area contributed by atoms with Crippen LogP contribution in [0.2, 0.25) is 0 Å². The molecule has 9 nitrogen and oxygen atoms in total. The molecule has 1 atom stereocenters. The van der Waals surface area contributed by atoms with Crippen LogP contribution in [0.1, 0.15) is 70.8 Å². The maximum absolute atomic E-state index is 12.9. The molecule has 0 aromatic carbocycles. The number of amides is 1. The van der Waals surface area contributed by atoms with Crippen LogP contribution >= 0.6 is 11.3 Å². The third-order valence-electron chi connectivity index (χ3n) is 3.36. The maximum atomic E-state index is 12.9. The number of carbonyl (C=O) groups is 2. The Morgan fingerprint density at radius 2 is 1.73 bits per heavy atom. The molecule has 0 aliphatic rings. The number of rotatable bonds is 6. The van der Waals surface area contributed by atoms with Gasteiger partial charge in [-0.1, -0.05) is 32.1 Å². The minimum atomic E-state index is -0.742. The van der Waals surface area contributed by atoms with Gasteiger partial charge in [0.2, 0.25) is 0 Å². The summed E-state index contributed by atoms with van der Waals surface area (Å²) < 4.78 is 15.7. The number of nitrogens with zero attached hydrogens (tertiary/aromatic N) is 3. The summed E-state index contributed by atoms with van der Waals surface area (Å²) in [4.78, 5) is 34.9. The molecule has 1 amide bonds. The van der Waals surface area contributed by atoms with Crippen molar-refractivity contribution in [3.8, 4) is 0 Å². The number of hydrogen-bond donors (Lipinski definition) is 0. The van der Waals surface area contributed by atoms with Crippen LogP contribution in [-0.2, 0) is 14.2 Å². The van der Waals surface area contributed by atoms with Gasteiger partial charge >= 0.3 is 12.1 Å². The fourth-order valence-electron chi connectivity index (χ4n) is 2.21. The van der Waals surface area contributed by atoms with E-state index in [-0.39, 0.29) is 18.3 Å². The van der Waals surface area contributed by atoms with Gasteiger partial charge in [0.15, 0.2) is 5.13 Å². The normalized spacial score (nSPS) is 13.6. The summed E-state index contributed by atoms with van der Waals surface area (Å²) in [5.74, 6) is -0.506. The van der Waals surface area contributed by atoms with E-state index < -0.39 is 35.4 Å². The largest absolute Gasteiger partial charge is 0.595 e. The zero-order valence-electron chi connectivity index (χ0n) is 19.2. The Morgan fingerprint density at radius 1 is 1.17 bits per heavy atom. The Kier molecular flexibility index (Phi) is 8.64. The first-order chi connectivity index (χ1) is 13.6. The molecule has 0 aliphatic carbocycles. The van der Waals surface area contributed by atoms with Gasteiger partial charge in [-0.15, -0.1) is 0 Å². The van der Waals surface area contributed by atoms with Crippen LogP contribution in [-0.4, -0.2) is 53.5 Å². The summed E-state index contributed by atoms with van der Waals surface area (Å²) in [7, 11) is 0. The van der Waals surface area contributed by atoms with Gasteiger partial charge in [-0.25, -0.2) is 19.5 Å². The monoisotopic (exact) mass is 442 g/mol. The van der Waals surface area contributed by atoms with Gasteiger partial charge in [0.05, 0.1) is 24.9 Å². The van der Waals surface area contributed by atoms with Crippen LogP contribution in [0.3, 0.4) is 0 Å². The van der Waals surface area contributed by atoms with Gasteiger partial charge in [-0.3, -0.25) is 4.99 Å². The number of aliphatic imine (C=N–C) groups is 1. The highest BCUT2D eigenvalue weighted by Crippen LogP contribution is 2.29. The number of aromatic nitrogens is 1. The lowest BCUT2D eigenvalue weighted by atomic mass is 10.2. The Morgan fingerprint density at radius 3 is 2.23 bits per heavy atom. The molecular weight excluding hydrogens is 410 g/mol. The first-order valence-electron chi connectivity index (χ1n) is 9.72. The second-order valence-electron chi connectivity index (χ2n) is 8.65. The SMILES string of the molecule is CCOC(=O)c1sc(N(C(=O)OC(C)(C)C)[C@H](C)CN=C([O-])OC(C)(C)C)nc1C. The van der Waals surface area contributed by atoms with Gasteiger partial charge in [0, 0.05) is 5.60 Å². The van der Waals surface area contributed by atoms with Crippen molar-refractivity contribution in [2.24, 2.45) is 4.99 Å². The quantitative estimate of drug-likeness (QED) is 0.377. The van der Waals surface area contributed by atoms with Gasteiger partial charge in [0.1, 0.15) is 16.6 Å². The van der Waals surface area contributed by atoms with Crippen molar-refractivity contribution in [2.75, 3.05) is 18.1 Å². The summed E-state index contributed by atoms with van der Waals surface area (Å²) in [6, 6.07) is -0.576. The molecule has 0 saturated carbocycles. The molecule has 0 N–H and O–H groups in total. The number of hydrogen-bond acceptors (Lipinski definition) is 9. The number of carbonyl (C=O) groups excluding carboxylic acids is 2. The summed E-state index contributed by atoms with van der Waals surface area (Å²) in [6.07, 6.45) is -1.38. The standard InChI is InChI=1S/C20H33N3O6S/c1-10-27-15(24)14-13(3)22-16(30-14)23(18(26)29-20(7,8)9)12(2)11-21-17(25)28-19(4,5)6/h12H,10-11H2,1-9H3,(H,21,25)/p-1/t12-/m1/s1. The summed E-state index contributed by atoms with van der Waals surface area (Å²) in [5.41, 5.74) is -0.971. The van der Waals surface area contributed by atoms with Crippen LogP contribution < -0.4 is 10.0 Å².